The van der Waals surface area contributed by atoms with Crippen molar-refractivity contribution in [2.24, 2.45) is 0 Å². The average molecular weight is 427 g/mol. The van der Waals surface area contributed by atoms with Crippen LogP contribution >= 0.6 is 0 Å². The molecule has 1 atom stereocenters. The third-order valence-electron chi connectivity index (χ3n) is 5.74. The van der Waals surface area contributed by atoms with E-state index in [9.17, 15) is 9.59 Å². The van der Waals surface area contributed by atoms with Crippen LogP contribution in [0.3, 0.4) is 0 Å². The number of carbonyl (C=O) groups excluding carboxylic acids is 2. The number of esters is 1. The van der Waals surface area contributed by atoms with E-state index >= 15 is 0 Å². The minimum Gasteiger partial charge on any atom is -0.493 e. The summed E-state index contributed by atoms with van der Waals surface area (Å²) in [5, 5.41) is 0. The van der Waals surface area contributed by atoms with Gasteiger partial charge in [-0.3, -0.25) is 14.5 Å². The normalized spacial score (nSPS) is 18.5. The monoisotopic (exact) mass is 426 g/mol. The summed E-state index contributed by atoms with van der Waals surface area (Å²) in [6.07, 6.45) is 0.695. The summed E-state index contributed by atoms with van der Waals surface area (Å²) in [7, 11) is 6.39. The number of carbonyl (C=O) groups is 2. The van der Waals surface area contributed by atoms with Crippen molar-refractivity contribution < 1.29 is 23.8 Å². The number of methoxy groups -OCH3 is 2. The molecule has 0 radical (unpaired) electrons. The van der Waals surface area contributed by atoms with Crippen LogP contribution in [-0.4, -0.2) is 69.7 Å². The second-order valence-corrected chi connectivity index (χ2v) is 7.96. The number of nitrogens with zero attached hydrogens (tertiary/aromatic N) is 2. The highest BCUT2D eigenvalue weighted by atomic mass is 16.5. The van der Waals surface area contributed by atoms with Gasteiger partial charge in [0.15, 0.2) is 18.1 Å². The van der Waals surface area contributed by atoms with Gasteiger partial charge in [0.05, 0.1) is 14.2 Å². The van der Waals surface area contributed by atoms with Crippen LogP contribution in [0.15, 0.2) is 48.5 Å². The molecule has 7 heteroatoms. The molecule has 0 bridgehead atoms. The maximum atomic E-state index is 12.8. The average Bonchev–Trinajstić information content (AvgIpc) is 3.22. The summed E-state index contributed by atoms with van der Waals surface area (Å²) in [5.41, 5.74) is 1.33. The first-order chi connectivity index (χ1) is 14.9. The number of ether oxygens (including phenoxy) is 3. The minimum atomic E-state index is -0.667. The van der Waals surface area contributed by atoms with Crippen molar-refractivity contribution in [3.05, 3.63) is 59.7 Å². The van der Waals surface area contributed by atoms with Crippen LogP contribution in [0.1, 0.15) is 17.5 Å². The first-order valence-electron chi connectivity index (χ1n) is 10.3. The number of likely N-dealkylation sites (tertiary alicyclic amines) is 1. The van der Waals surface area contributed by atoms with Gasteiger partial charge in [0.2, 0.25) is 0 Å². The van der Waals surface area contributed by atoms with Gasteiger partial charge in [-0.25, -0.2) is 0 Å². The molecule has 1 aliphatic rings. The molecule has 1 unspecified atom stereocenters. The number of likely N-dealkylation sites (N-methyl/N-ethyl adjacent to an activating group) is 1. The fourth-order valence-electron chi connectivity index (χ4n) is 3.96. The molecule has 2 aromatic rings. The Morgan fingerprint density at radius 2 is 1.81 bits per heavy atom. The molecule has 1 saturated heterocycles. The van der Waals surface area contributed by atoms with Crippen molar-refractivity contribution in [3.63, 3.8) is 0 Å². The lowest BCUT2D eigenvalue weighted by atomic mass is 9.79. The molecule has 7 nitrogen and oxygen atoms in total. The minimum absolute atomic E-state index is 0.0595. The van der Waals surface area contributed by atoms with Gasteiger partial charge >= 0.3 is 5.97 Å². The van der Waals surface area contributed by atoms with Crippen LogP contribution < -0.4 is 9.47 Å². The van der Waals surface area contributed by atoms with Crippen LogP contribution in [0.5, 0.6) is 11.5 Å². The van der Waals surface area contributed by atoms with Crippen LogP contribution in [-0.2, 0) is 26.3 Å². The number of amides is 1. The Morgan fingerprint density at radius 1 is 1.06 bits per heavy atom. The lowest BCUT2D eigenvalue weighted by Gasteiger charge is -2.27. The van der Waals surface area contributed by atoms with E-state index in [2.05, 4.69) is 4.90 Å². The standard InChI is InChI=1S/C24H30N2O5/c1-25(2)22(27)16-31-21-14-18(10-11-20(21)29-3)15-26-13-12-24(17-26,23(28)30-4)19-8-6-5-7-9-19/h5-11,14H,12-13,15-17H2,1-4H3. The van der Waals surface area contributed by atoms with Crippen LogP contribution in [0.25, 0.3) is 0 Å². The van der Waals surface area contributed by atoms with Gasteiger partial charge in [-0.05, 0) is 29.7 Å². The topological polar surface area (TPSA) is 68.3 Å². The number of hydrogen-bond donors (Lipinski definition) is 0. The van der Waals surface area contributed by atoms with Crippen LogP contribution in [0.4, 0.5) is 0 Å². The predicted octanol–water partition coefficient (Wildman–Crippen LogP) is 2.48. The van der Waals surface area contributed by atoms with Gasteiger partial charge in [-0.2, -0.15) is 0 Å². The molecule has 31 heavy (non-hydrogen) atoms. The Bertz CT molecular complexity index is 915. The van der Waals surface area contributed by atoms with E-state index in [4.69, 9.17) is 14.2 Å². The zero-order chi connectivity index (χ0) is 22.4. The van der Waals surface area contributed by atoms with Crippen molar-refractivity contribution in [2.75, 3.05) is 48.0 Å². The summed E-state index contributed by atoms with van der Waals surface area (Å²) >= 11 is 0. The highest BCUT2D eigenvalue weighted by Crippen LogP contribution is 2.37. The second-order valence-electron chi connectivity index (χ2n) is 7.96. The largest absolute Gasteiger partial charge is 0.493 e. The van der Waals surface area contributed by atoms with Gasteiger partial charge in [-0.15, -0.1) is 0 Å². The van der Waals surface area contributed by atoms with E-state index < -0.39 is 5.41 Å². The molecule has 2 aromatic carbocycles. The molecule has 1 amide bonds. The van der Waals surface area contributed by atoms with E-state index in [1.807, 2.05) is 48.5 Å². The molecule has 0 saturated carbocycles. The fourth-order valence-corrected chi connectivity index (χ4v) is 3.96. The Labute approximate surface area is 183 Å². The van der Waals surface area contributed by atoms with Crippen molar-refractivity contribution in [1.29, 1.82) is 0 Å². The lowest BCUT2D eigenvalue weighted by Crippen LogP contribution is -2.39. The third kappa shape index (κ3) is 4.99. The Hall–Kier alpha value is -3.06. The molecule has 3 rings (SSSR count). The number of hydrogen-bond acceptors (Lipinski definition) is 6. The van der Waals surface area contributed by atoms with Crippen molar-refractivity contribution in [2.45, 2.75) is 18.4 Å². The molecule has 0 aliphatic carbocycles. The van der Waals surface area contributed by atoms with Gasteiger partial charge in [0, 0.05) is 33.7 Å². The molecule has 1 aliphatic heterocycles. The predicted molar refractivity (Wildman–Crippen MR) is 117 cm³/mol. The molecular weight excluding hydrogens is 396 g/mol. The highest BCUT2D eigenvalue weighted by molar-refractivity contribution is 5.84. The molecular formula is C24H30N2O5. The van der Waals surface area contributed by atoms with Crippen molar-refractivity contribution in [1.82, 2.24) is 9.80 Å². The van der Waals surface area contributed by atoms with Crippen molar-refractivity contribution in [3.8, 4) is 11.5 Å². The summed E-state index contributed by atoms with van der Waals surface area (Å²) in [6.45, 7) is 1.93. The molecule has 0 aromatic heterocycles. The molecule has 1 heterocycles. The quantitative estimate of drug-likeness (QED) is 0.604. The van der Waals surface area contributed by atoms with E-state index in [0.717, 1.165) is 17.7 Å². The first-order valence-corrected chi connectivity index (χ1v) is 10.3. The lowest BCUT2D eigenvalue weighted by molar-refractivity contribution is -0.147. The van der Waals surface area contributed by atoms with Crippen molar-refractivity contribution >= 4 is 11.9 Å². The van der Waals surface area contributed by atoms with Gasteiger partial charge in [0.25, 0.3) is 5.91 Å². The maximum absolute atomic E-state index is 12.8. The van der Waals surface area contributed by atoms with Crippen LogP contribution in [0, 0.1) is 0 Å². The smallest absolute Gasteiger partial charge is 0.317 e. The molecule has 0 N–H and O–H groups in total. The van der Waals surface area contributed by atoms with Gasteiger partial charge in [0.1, 0.15) is 5.41 Å². The van der Waals surface area contributed by atoms with Gasteiger partial charge < -0.3 is 19.1 Å². The zero-order valence-electron chi connectivity index (χ0n) is 18.6. The van der Waals surface area contributed by atoms with Gasteiger partial charge in [-0.1, -0.05) is 36.4 Å². The van der Waals surface area contributed by atoms with E-state index in [0.29, 0.717) is 31.0 Å². The highest BCUT2D eigenvalue weighted by Gasteiger charge is 2.46. The maximum Gasteiger partial charge on any atom is 0.317 e. The third-order valence-corrected chi connectivity index (χ3v) is 5.74. The second kappa shape index (κ2) is 9.83. The van der Waals surface area contributed by atoms with E-state index in [1.165, 1.54) is 12.0 Å². The Morgan fingerprint density at radius 3 is 2.45 bits per heavy atom. The number of rotatable bonds is 8. The Balaban J connectivity index is 1.76. The summed E-state index contributed by atoms with van der Waals surface area (Å²) < 4.78 is 16.3. The van der Waals surface area contributed by atoms with E-state index in [-0.39, 0.29) is 18.5 Å². The molecule has 1 fully saturated rings. The molecule has 0 spiro atoms. The summed E-state index contributed by atoms with van der Waals surface area (Å²) in [4.78, 5) is 28.4. The summed E-state index contributed by atoms with van der Waals surface area (Å²) in [5.74, 6) is 0.765. The summed E-state index contributed by atoms with van der Waals surface area (Å²) in [6, 6.07) is 15.5. The number of benzene rings is 2. The van der Waals surface area contributed by atoms with E-state index in [1.54, 1.807) is 21.2 Å². The SMILES string of the molecule is COC(=O)C1(c2ccccc2)CCN(Cc2ccc(OC)c(OCC(=O)N(C)C)c2)C1. The molecule has 166 valence electrons. The Kier molecular flexibility index (Phi) is 7.17. The zero-order valence-corrected chi connectivity index (χ0v) is 18.6. The first kappa shape index (κ1) is 22.6. The fraction of sp³-hybridized carbons (Fsp3) is 0.417. The van der Waals surface area contributed by atoms with Crippen LogP contribution in [0.2, 0.25) is 0 Å².